The molecule has 1 aromatic carbocycles. The van der Waals surface area contributed by atoms with E-state index in [4.69, 9.17) is 4.42 Å². The lowest BCUT2D eigenvalue weighted by Gasteiger charge is -2.17. The Bertz CT molecular complexity index is 695. The fourth-order valence-corrected chi connectivity index (χ4v) is 4.02. The van der Waals surface area contributed by atoms with E-state index in [-0.39, 0.29) is 5.91 Å². The van der Waals surface area contributed by atoms with E-state index in [0.29, 0.717) is 18.2 Å². The van der Waals surface area contributed by atoms with Crippen molar-refractivity contribution in [3.63, 3.8) is 0 Å². The number of furan rings is 1. The van der Waals surface area contributed by atoms with Gasteiger partial charge in [-0.1, -0.05) is 18.2 Å². The maximum absolute atomic E-state index is 13.0. The normalized spacial score (nSPS) is 18.3. The number of hydrogen-bond acceptors (Lipinski definition) is 4. The van der Waals surface area contributed by atoms with Crippen LogP contribution in [-0.4, -0.2) is 54.9 Å². The molecular weight excluding hydrogens is 308 g/mol. The zero-order valence-electron chi connectivity index (χ0n) is 14.0. The molecule has 1 aliphatic rings. The van der Waals surface area contributed by atoms with Crippen molar-refractivity contribution in [1.29, 1.82) is 0 Å². The van der Waals surface area contributed by atoms with E-state index >= 15 is 0 Å². The fourth-order valence-electron chi connectivity index (χ4n) is 3.28. The monoisotopic (exact) mass is 332 g/mol. The molecule has 0 aliphatic carbocycles. The van der Waals surface area contributed by atoms with Gasteiger partial charge in [-0.15, -0.1) is 0 Å². The molecule has 5 heteroatoms. The summed E-state index contributed by atoms with van der Waals surface area (Å²) >= 11 is 1.86. The highest BCUT2D eigenvalue weighted by Gasteiger charge is 2.30. The molecule has 1 fully saturated rings. The second-order valence-corrected chi connectivity index (χ2v) is 7.42. The first-order valence-corrected chi connectivity index (χ1v) is 9.43. The quantitative estimate of drug-likeness (QED) is 0.842. The Morgan fingerprint density at radius 1 is 1.39 bits per heavy atom. The van der Waals surface area contributed by atoms with Crippen molar-refractivity contribution in [2.75, 3.05) is 39.2 Å². The number of amides is 1. The molecule has 0 bridgehead atoms. The predicted molar refractivity (Wildman–Crippen MR) is 96.0 cm³/mol. The zero-order chi connectivity index (χ0) is 16.4. The molecule has 124 valence electrons. The molecule has 23 heavy (non-hydrogen) atoms. The molecule has 1 aromatic heterocycles. The maximum atomic E-state index is 13.0. The molecule has 1 unspecified atom stereocenters. The van der Waals surface area contributed by atoms with Crippen LogP contribution < -0.4 is 0 Å². The molecule has 1 aliphatic heterocycles. The molecular formula is C18H24N2O2S. The van der Waals surface area contributed by atoms with Gasteiger partial charge in [0.2, 0.25) is 0 Å². The van der Waals surface area contributed by atoms with E-state index in [0.717, 1.165) is 41.8 Å². The summed E-state index contributed by atoms with van der Waals surface area (Å²) in [6, 6.07) is 7.92. The SMILES string of the molecule is CSCC1CCN(C(=O)c2oc3ccccc3c2CN(C)C)C1. The summed E-state index contributed by atoms with van der Waals surface area (Å²) in [5, 5.41) is 1.05. The first kappa shape index (κ1) is 16.4. The van der Waals surface area contributed by atoms with Crippen LogP contribution in [0.2, 0.25) is 0 Å². The summed E-state index contributed by atoms with van der Waals surface area (Å²) in [5.41, 5.74) is 1.80. The molecule has 1 saturated heterocycles. The van der Waals surface area contributed by atoms with Crippen LogP contribution in [0, 0.1) is 5.92 Å². The van der Waals surface area contributed by atoms with Crippen molar-refractivity contribution >= 4 is 28.6 Å². The molecule has 0 saturated carbocycles. The highest BCUT2D eigenvalue weighted by Crippen LogP contribution is 2.29. The van der Waals surface area contributed by atoms with Gasteiger partial charge in [-0.25, -0.2) is 0 Å². The molecule has 0 N–H and O–H groups in total. The molecule has 0 radical (unpaired) electrons. The molecule has 1 atom stereocenters. The van der Waals surface area contributed by atoms with Crippen LogP contribution in [0.5, 0.6) is 0 Å². The minimum atomic E-state index is 0.0432. The number of nitrogens with zero attached hydrogens (tertiary/aromatic N) is 2. The maximum Gasteiger partial charge on any atom is 0.289 e. The highest BCUT2D eigenvalue weighted by atomic mass is 32.2. The van der Waals surface area contributed by atoms with Crippen molar-refractivity contribution in [3.05, 3.63) is 35.6 Å². The second-order valence-electron chi connectivity index (χ2n) is 6.50. The number of rotatable bonds is 5. The van der Waals surface area contributed by atoms with Crippen molar-refractivity contribution in [2.24, 2.45) is 5.92 Å². The largest absolute Gasteiger partial charge is 0.451 e. The number of carbonyl (C=O) groups excluding carboxylic acids is 1. The van der Waals surface area contributed by atoms with Gasteiger partial charge in [0.1, 0.15) is 5.58 Å². The van der Waals surface area contributed by atoms with Gasteiger partial charge in [0.05, 0.1) is 0 Å². The Balaban J connectivity index is 1.91. The van der Waals surface area contributed by atoms with E-state index in [1.54, 1.807) is 0 Å². The van der Waals surface area contributed by atoms with Gasteiger partial charge in [0.15, 0.2) is 5.76 Å². The van der Waals surface area contributed by atoms with E-state index in [9.17, 15) is 4.79 Å². The summed E-state index contributed by atoms with van der Waals surface area (Å²) in [7, 11) is 4.03. The minimum Gasteiger partial charge on any atom is -0.451 e. The Kier molecular flexibility index (Phi) is 4.97. The van der Waals surface area contributed by atoms with Crippen LogP contribution in [0.3, 0.4) is 0 Å². The van der Waals surface area contributed by atoms with Crippen LogP contribution in [0.4, 0.5) is 0 Å². The zero-order valence-corrected chi connectivity index (χ0v) is 14.9. The third-order valence-corrected chi connectivity index (χ3v) is 5.15. The molecule has 4 nitrogen and oxygen atoms in total. The van der Waals surface area contributed by atoms with Gasteiger partial charge in [-0.2, -0.15) is 11.8 Å². The lowest BCUT2D eigenvalue weighted by molar-refractivity contribution is 0.0756. The number of para-hydroxylation sites is 1. The average Bonchev–Trinajstić information content (AvgIpc) is 3.12. The summed E-state index contributed by atoms with van der Waals surface area (Å²) in [6.45, 7) is 2.39. The number of thioether (sulfide) groups is 1. The Morgan fingerprint density at radius 2 is 2.17 bits per heavy atom. The first-order valence-electron chi connectivity index (χ1n) is 8.03. The number of hydrogen-bond donors (Lipinski definition) is 0. The minimum absolute atomic E-state index is 0.0432. The van der Waals surface area contributed by atoms with E-state index in [1.165, 1.54) is 0 Å². The van der Waals surface area contributed by atoms with Crippen molar-refractivity contribution in [3.8, 4) is 0 Å². The molecule has 3 rings (SSSR count). The van der Waals surface area contributed by atoms with Crippen molar-refractivity contribution in [2.45, 2.75) is 13.0 Å². The summed E-state index contributed by atoms with van der Waals surface area (Å²) < 4.78 is 5.95. The summed E-state index contributed by atoms with van der Waals surface area (Å²) in [5.74, 6) is 2.29. The standard InChI is InChI=1S/C18H24N2O2S/c1-19(2)11-15-14-6-4-5-7-16(14)22-17(15)18(21)20-9-8-13(10-20)12-23-3/h4-7,13H,8-12H2,1-3H3. The van der Waals surface area contributed by atoms with Gasteiger partial charge in [0, 0.05) is 30.6 Å². The summed E-state index contributed by atoms with van der Waals surface area (Å²) in [6.07, 6.45) is 3.22. The molecule has 2 aromatic rings. The number of carbonyl (C=O) groups is 1. The lowest BCUT2D eigenvalue weighted by Crippen LogP contribution is -2.29. The molecule has 1 amide bonds. The second kappa shape index (κ2) is 6.97. The summed E-state index contributed by atoms with van der Waals surface area (Å²) in [4.78, 5) is 17.0. The predicted octanol–water partition coefficient (Wildman–Crippen LogP) is 3.32. The molecule has 0 spiro atoms. The van der Waals surface area contributed by atoms with Gasteiger partial charge in [0.25, 0.3) is 5.91 Å². The number of likely N-dealkylation sites (tertiary alicyclic amines) is 1. The topological polar surface area (TPSA) is 36.7 Å². The number of benzene rings is 1. The van der Waals surface area contributed by atoms with Gasteiger partial charge in [-0.3, -0.25) is 4.79 Å². The van der Waals surface area contributed by atoms with Gasteiger partial charge in [-0.05, 0) is 44.5 Å². The Labute approximate surface area is 141 Å². The van der Waals surface area contributed by atoms with Gasteiger partial charge < -0.3 is 14.2 Å². The number of fused-ring (bicyclic) bond motifs is 1. The smallest absolute Gasteiger partial charge is 0.289 e. The van der Waals surface area contributed by atoms with Crippen molar-refractivity contribution < 1.29 is 9.21 Å². The van der Waals surface area contributed by atoms with E-state index in [1.807, 2.05) is 55.0 Å². The van der Waals surface area contributed by atoms with Crippen LogP contribution in [0.1, 0.15) is 22.5 Å². The van der Waals surface area contributed by atoms with Gasteiger partial charge >= 0.3 is 0 Å². The average molecular weight is 332 g/mol. The van der Waals surface area contributed by atoms with Crippen molar-refractivity contribution in [1.82, 2.24) is 9.80 Å². The molecule has 2 heterocycles. The Hall–Kier alpha value is -1.46. The van der Waals surface area contributed by atoms with E-state index in [2.05, 4.69) is 11.2 Å². The Morgan fingerprint density at radius 3 is 2.91 bits per heavy atom. The fraction of sp³-hybridized carbons (Fsp3) is 0.500. The van der Waals surface area contributed by atoms with Crippen LogP contribution in [0.15, 0.2) is 28.7 Å². The van der Waals surface area contributed by atoms with Crippen LogP contribution in [-0.2, 0) is 6.54 Å². The van der Waals surface area contributed by atoms with Crippen LogP contribution >= 0.6 is 11.8 Å². The first-order chi connectivity index (χ1) is 11.1. The van der Waals surface area contributed by atoms with E-state index < -0.39 is 0 Å². The highest BCUT2D eigenvalue weighted by molar-refractivity contribution is 7.98. The third kappa shape index (κ3) is 3.40. The lowest BCUT2D eigenvalue weighted by atomic mass is 10.1. The van der Waals surface area contributed by atoms with Crippen LogP contribution in [0.25, 0.3) is 11.0 Å². The third-order valence-electron chi connectivity index (χ3n) is 4.34.